The molecule has 0 aliphatic heterocycles. The molecule has 0 aliphatic rings. The van der Waals surface area contributed by atoms with Gasteiger partial charge < -0.3 is 14.2 Å². The first kappa shape index (κ1) is 21.1. The van der Waals surface area contributed by atoms with Gasteiger partial charge in [0.15, 0.2) is 6.61 Å². The number of aryl methyl sites for hydroxylation is 2. The van der Waals surface area contributed by atoms with Crippen molar-refractivity contribution in [1.82, 2.24) is 10.9 Å². The first-order valence-corrected chi connectivity index (χ1v) is 9.02. The van der Waals surface area contributed by atoms with E-state index in [2.05, 4.69) is 10.9 Å². The Morgan fingerprint density at radius 1 is 0.821 bits per heavy atom. The molecule has 0 aromatic heterocycles. The Balaban J connectivity index is 1.58. The summed E-state index contributed by atoms with van der Waals surface area (Å²) in [6, 6.07) is 12.9. The van der Waals surface area contributed by atoms with Crippen molar-refractivity contribution in [3.8, 4) is 17.2 Å². The molecule has 28 heavy (non-hydrogen) atoms. The number of rotatable bonds is 9. The molecular formula is C21H26N2O5. The van der Waals surface area contributed by atoms with Gasteiger partial charge >= 0.3 is 0 Å². The Kier molecular flexibility index (Phi) is 8.14. The lowest BCUT2D eigenvalue weighted by molar-refractivity contribution is -0.130. The molecule has 0 saturated carbocycles. The number of carbonyl (C=O) groups is 2. The minimum Gasteiger partial charge on any atom is -0.497 e. The predicted molar refractivity (Wildman–Crippen MR) is 105 cm³/mol. The van der Waals surface area contributed by atoms with Crippen LogP contribution >= 0.6 is 0 Å². The summed E-state index contributed by atoms with van der Waals surface area (Å²) in [7, 11) is 1.60. The van der Waals surface area contributed by atoms with E-state index in [9.17, 15) is 9.59 Å². The molecule has 7 nitrogen and oxygen atoms in total. The van der Waals surface area contributed by atoms with Gasteiger partial charge in [-0.25, -0.2) is 0 Å². The average molecular weight is 386 g/mol. The molecule has 0 unspecified atom stereocenters. The molecule has 0 atom stereocenters. The second kappa shape index (κ2) is 10.8. The van der Waals surface area contributed by atoms with Crippen LogP contribution in [0.3, 0.4) is 0 Å². The van der Waals surface area contributed by atoms with Gasteiger partial charge in [0.2, 0.25) is 5.91 Å². The summed E-state index contributed by atoms with van der Waals surface area (Å²) in [4.78, 5) is 23.5. The van der Waals surface area contributed by atoms with Crippen LogP contribution in [0.1, 0.15) is 24.0 Å². The third-order valence-electron chi connectivity index (χ3n) is 3.78. The smallest absolute Gasteiger partial charge is 0.276 e. The number of amides is 2. The molecule has 2 amide bonds. The topological polar surface area (TPSA) is 85.9 Å². The van der Waals surface area contributed by atoms with Crippen LogP contribution in [0.15, 0.2) is 42.5 Å². The van der Waals surface area contributed by atoms with E-state index in [1.54, 1.807) is 31.4 Å². The van der Waals surface area contributed by atoms with Gasteiger partial charge in [0.05, 0.1) is 13.7 Å². The monoisotopic (exact) mass is 386 g/mol. The number of hydrazine groups is 1. The van der Waals surface area contributed by atoms with Gasteiger partial charge in [-0.2, -0.15) is 0 Å². The Labute approximate surface area is 165 Å². The first-order chi connectivity index (χ1) is 13.5. The van der Waals surface area contributed by atoms with Crippen molar-refractivity contribution in [2.45, 2.75) is 26.7 Å². The predicted octanol–water partition coefficient (Wildman–Crippen LogP) is 2.70. The van der Waals surface area contributed by atoms with E-state index in [0.29, 0.717) is 24.5 Å². The second-order valence-electron chi connectivity index (χ2n) is 6.34. The molecule has 0 heterocycles. The van der Waals surface area contributed by atoms with E-state index in [1.807, 2.05) is 32.0 Å². The maximum Gasteiger partial charge on any atom is 0.276 e. The summed E-state index contributed by atoms with van der Waals surface area (Å²) in [6.45, 7) is 4.13. The van der Waals surface area contributed by atoms with Crippen LogP contribution in [0.2, 0.25) is 0 Å². The largest absolute Gasteiger partial charge is 0.497 e. The molecule has 7 heteroatoms. The highest BCUT2D eigenvalue weighted by molar-refractivity contribution is 5.82. The molecule has 0 radical (unpaired) electrons. The Hall–Kier alpha value is -3.22. The molecule has 0 aliphatic carbocycles. The number of benzene rings is 2. The van der Waals surface area contributed by atoms with E-state index < -0.39 is 5.91 Å². The normalized spacial score (nSPS) is 10.1. The van der Waals surface area contributed by atoms with Gasteiger partial charge in [-0.3, -0.25) is 20.4 Å². The fourth-order valence-corrected chi connectivity index (χ4v) is 2.50. The zero-order valence-corrected chi connectivity index (χ0v) is 16.4. The van der Waals surface area contributed by atoms with E-state index in [4.69, 9.17) is 14.2 Å². The van der Waals surface area contributed by atoms with Crippen molar-refractivity contribution in [3.05, 3.63) is 53.6 Å². The summed E-state index contributed by atoms with van der Waals surface area (Å²) in [5.74, 6) is 1.36. The maximum absolute atomic E-state index is 11.8. The van der Waals surface area contributed by atoms with Gasteiger partial charge in [-0.05, 0) is 67.8 Å². The standard InChI is InChI=1S/C21H26N2O5/c1-15-11-16(2)13-19(12-15)28-14-21(25)23-22-20(24)5-4-10-27-18-8-6-17(26-3)7-9-18/h6-9,11-13H,4-5,10,14H2,1-3H3,(H,22,24)(H,23,25). The number of nitrogens with one attached hydrogen (secondary N) is 2. The molecule has 0 spiro atoms. The third kappa shape index (κ3) is 7.57. The quantitative estimate of drug-likeness (QED) is 0.511. The zero-order chi connectivity index (χ0) is 20.4. The molecule has 0 fully saturated rings. The number of carbonyl (C=O) groups excluding carboxylic acids is 2. The second-order valence-corrected chi connectivity index (χ2v) is 6.34. The van der Waals surface area contributed by atoms with Crippen LogP contribution in [0.4, 0.5) is 0 Å². The highest BCUT2D eigenvalue weighted by Gasteiger charge is 2.06. The van der Waals surface area contributed by atoms with Crippen LogP contribution < -0.4 is 25.1 Å². The number of ether oxygens (including phenoxy) is 3. The summed E-state index contributed by atoms with van der Waals surface area (Å²) >= 11 is 0. The zero-order valence-electron chi connectivity index (χ0n) is 16.4. The highest BCUT2D eigenvalue weighted by Crippen LogP contribution is 2.17. The lowest BCUT2D eigenvalue weighted by Gasteiger charge is -2.10. The lowest BCUT2D eigenvalue weighted by Crippen LogP contribution is -2.43. The fourth-order valence-electron chi connectivity index (χ4n) is 2.50. The van der Waals surface area contributed by atoms with Crippen LogP contribution in [0.5, 0.6) is 17.2 Å². The molecule has 2 aromatic rings. The molecule has 0 saturated heterocycles. The minimum atomic E-state index is -0.429. The highest BCUT2D eigenvalue weighted by atomic mass is 16.5. The van der Waals surface area contributed by atoms with Gasteiger partial charge in [0.25, 0.3) is 5.91 Å². The minimum absolute atomic E-state index is 0.177. The summed E-state index contributed by atoms with van der Waals surface area (Å²) < 4.78 is 16.1. The maximum atomic E-state index is 11.8. The van der Waals surface area contributed by atoms with Crippen molar-refractivity contribution in [1.29, 1.82) is 0 Å². The van der Waals surface area contributed by atoms with Crippen molar-refractivity contribution in [2.75, 3.05) is 20.3 Å². The molecule has 0 bridgehead atoms. The van der Waals surface area contributed by atoms with E-state index in [1.165, 1.54) is 0 Å². The van der Waals surface area contributed by atoms with Crippen molar-refractivity contribution < 1.29 is 23.8 Å². The van der Waals surface area contributed by atoms with Gasteiger partial charge in [-0.1, -0.05) is 6.07 Å². The van der Waals surface area contributed by atoms with Gasteiger partial charge in [0.1, 0.15) is 17.2 Å². The van der Waals surface area contributed by atoms with E-state index in [0.717, 1.165) is 16.9 Å². The fraction of sp³-hybridized carbons (Fsp3) is 0.333. The van der Waals surface area contributed by atoms with Crippen LogP contribution in [0, 0.1) is 13.8 Å². The summed E-state index contributed by atoms with van der Waals surface area (Å²) in [5, 5.41) is 0. The molecule has 2 N–H and O–H groups in total. The molecule has 2 rings (SSSR count). The summed E-state index contributed by atoms with van der Waals surface area (Å²) in [5.41, 5.74) is 6.81. The third-order valence-corrected chi connectivity index (χ3v) is 3.78. The lowest BCUT2D eigenvalue weighted by atomic mass is 10.1. The molecule has 150 valence electrons. The number of methoxy groups -OCH3 is 1. The van der Waals surface area contributed by atoms with Crippen molar-refractivity contribution >= 4 is 11.8 Å². The Morgan fingerprint density at radius 3 is 2.07 bits per heavy atom. The van der Waals surface area contributed by atoms with Gasteiger partial charge in [-0.15, -0.1) is 0 Å². The van der Waals surface area contributed by atoms with E-state index >= 15 is 0 Å². The van der Waals surface area contributed by atoms with E-state index in [-0.39, 0.29) is 18.9 Å². The number of hydrogen-bond acceptors (Lipinski definition) is 5. The SMILES string of the molecule is COc1ccc(OCCCC(=O)NNC(=O)COc2cc(C)cc(C)c2)cc1. The number of hydrogen-bond donors (Lipinski definition) is 2. The Morgan fingerprint density at radius 2 is 1.43 bits per heavy atom. The Bertz CT molecular complexity index is 770. The van der Waals surface area contributed by atoms with Crippen molar-refractivity contribution in [3.63, 3.8) is 0 Å². The van der Waals surface area contributed by atoms with Crippen LogP contribution in [-0.2, 0) is 9.59 Å². The molecule has 2 aromatic carbocycles. The van der Waals surface area contributed by atoms with Gasteiger partial charge in [0, 0.05) is 6.42 Å². The average Bonchev–Trinajstić information content (AvgIpc) is 2.68. The van der Waals surface area contributed by atoms with Crippen LogP contribution in [-0.4, -0.2) is 32.1 Å². The first-order valence-electron chi connectivity index (χ1n) is 9.02. The molecular weight excluding hydrogens is 360 g/mol. The van der Waals surface area contributed by atoms with Crippen LogP contribution in [0.25, 0.3) is 0 Å². The summed E-state index contributed by atoms with van der Waals surface area (Å²) in [6.07, 6.45) is 0.751. The van der Waals surface area contributed by atoms with Crippen molar-refractivity contribution in [2.24, 2.45) is 0 Å².